The Hall–Kier alpha value is -3.76. The summed E-state index contributed by atoms with van der Waals surface area (Å²) in [5.74, 6) is 0.967. The van der Waals surface area contributed by atoms with Crippen molar-refractivity contribution in [3.8, 4) is 22.9 Å². The summed E-state index contributed by atoms with van der Waals surface area (Å²) in [6, 6.07) is 11.4. The minimum Gasteiger partial charge on any atom is -0.497 e. The Morgan fingerprint density at radius 2 is 1.85 bits per heavy atom. The number of nitrogens with one attached hydrogen (secondary N) is 1. The van der Waals surface area contributed by atoms with Crippen LogP contribution in [0.2, 0.25) is 0 Å². The maximum atomic E-state index is 13.1. The number of methoxy groups -OCH3 is 1. The molecule has 1 aliphatic carbocycles. The smallest absolute Gasteiger partial charge is 0.416 e. The van der Waals surface area contributed by atoms with Crippen LogP contribution in [0.3, 0.4) is 0 Å². The van der Waals surface area contributed by atoms with Gasteiger partial charge in [-0.05, 0) is 49.2 Å². The Morgan fingerprint density at radius 1 is 1.15 bits per heavy atom. The highest BCUT2D eigenvalue weighted by molar-refractivity contribution is 5.77. The fourth-order valence-corrected chi connectivity index (χ4v) is 3.43. The van der Waals surface area contributed by atoms with Gasteiger partial charge in [0.25, 0.3) is 5.91 Å². The second-order valence-corrected chi connectivity index (χ2v) is 7.82. The first-order valence-corrected chi connectivity index (χ1v) is 10.7. The zero-order valence-electron chi connectivity index (χ0n) is 18.3. The maximum absolute atomic E-state index is 13.1. The van der Waals surface area contributed by atoms with Gasteiger partial charge in [-0.25, -0.2) is 9.48 Å². The molecule has 4 rings (SSSR count). The molecule has 1 aliphatic rings. The van der Waals surface area contributed by atoms with E-state index >= 15 is 0 Å². The van der Waals surface area contributed by atoms with Crippen molar-refractivity contribution in [3.05, 3.63) is 64.6 Å². The third-order valence-corrected chi connectivity index (χ3v) is 5.31. The third-order valence-electron chi connectivity index (χ3n) is 5.31. The number of benzene rings is 2. The van der Waals surface area contributed by atoms with Gasteiger partial charge in [0, 0.05) is 18.2 Å². The Balaban J connectivity index is 1.40. The highest BCUT2D eigenvalue weighted by Gasteiger charge is 2.33. The first kappa shape index (κ1) is 23.4. The highest BCUT2D eigenvalue weighted by Crippen LogP contribution is 2.37. The number of alkyl halides is 3. The predicted molar refractivity (Wildman–Crippen MR) is 117 cm³/mol. The first-order chi connectivity index (χ1) is 16.3. The van der Waals surface area contributed by atoms with Gasteiger partial charge in [0.05, 0.1) is 19.2 Å². The lowest BCUT2D eigenvalue weighted by Gasteiger charge is -2.09. The molecule has 1 heterocycles. The fourth-order valence-electron chi connectivity index (χ4n) is 3.43. The molecule has 180 valence electrons. The lowest BCUT2D eigenvalue weighted by Crippen LogP contribution is -2.34. The van der Waals surface area contributed by atoms with Crippen LogP contribution < -0.4 is 20.5 Å². The van der Waals surface area contributed by atoms with Crippen LogP contribution in [0.4, 0.5) is 13.2 Å². The minimum absolute atomic E-state index is 0.0682. The minimum atomic E-state index is -4.50. The Kier molecular flexibility index (Phi) is 6.62. The molecule has 0 saturated heterocycles. The van der Waals surface area contributed by atoms with Gasteiger partial charge < -0.3 is 14.8 Å². The molecule has 1 aromatic heterocycles. The van der Waals surface area contributed by atoms with E-state index < -0.39 is 17.4 Å². The number of aromatic nitrogens is 3. The summed E-state index contributed by atoms with van der Waals surface area (Å²) in [5, 5.41) is 6.92. The molecular formula is C23H23F3N4O4. The lowest BCUT2D eigenvalue weighted by molar-refractivity contribution is -0.137. The molecule has 2 aromatic carbocycles. The van der Waals surface area contributed by atoms with Crippen molar-refractivity contribution in [2.75, 3.05) is 20.3 Å². The molecule has 1 N–H and O–H groups in total. The average Bonchev–Trinajstić information content (AvgIpc) is 3.61. The second kappa shape index (κ2) is 9.62. The van der Waals surface area contributed by atoms with Crippen molar-refractivity contribution in [2.45, 2.75) is 31.6 Å². The van der Waals surface area contributed by atoms with E-state index in [1.165, 1.54) is 21.4 Å². The number of amides is 1. The van der Waals surface area contributed by atoms with Crippen molar-refractivity contribution in [1.82, 2.24) is 19.7 Å². The zero-order chi connectivity index (χ0) is 24.3. The van der Waals surface area contributed by atoms with Gasteiger partial charge in [0.15, 0.2) is 12.4 Å². The van der Waals surface area contributed by atoms with Gasteiger partial charge in [-0.3, -0.25) is 9.36 Å². The summed E-state index contributed by atoms with van der Waals surface area (Å²) in [6.45, 7) is -0.0412. The SMILES string of the molecule is COc1ccc(OCC(=O)NCCn2nc(-c3cccc(C(F)(F)F)c3)n(C3CC3)c2=O)cc1. The molecule has 0 unspecified atom stereocenters. The summed E-state index contributed by atoms with van der Waals surface area (Å²) in [7, 11) is 1.55. The Bertz CT molecular complexity index is 1210. The van der Waals surface area contributed by atoms with Gasteiger partial charge in [-0.15, -0.1) is 5.10 Å². The summed E-state index contributed by atoms with van der Waals surface area (Å²) < 4.78 is 52.5. The van der Waals surface area contributed by atoms with Gasteiger partial charge in [0.1, 0.15) is 11.5 Å². The van der Waals surface area contributed by atoms with Crippen LogP contribution in [0.25, 0.3) is 11.4 Å². The molecule has 1 amide bonds. The number of carbonyl (C=O) groups is 1. The van der Waals surface area contributed by atoms with Crippen LogP contribution in [0.1, 0.15) is 24.4 Å². The lowest BCUT2D eigenvalue weighted by atomic mass is 10.1. The van der Waals surface area contributed by atoms with Crippen molar-refractivity contribution < 1.29 is 27.4 Å². The highest BCUT2D eigenvalue weighted by atomic mass is 19.4. The number of rotatable bonds is 9. The van der Waals surface area contributed by atoms with E-state index in [2.05, 4.69) is 10.4 Å². The Labute approximate surface area is 192 Å². The topological polar surface area (TPSA) is 87.4 Å². The maximum Gasteiger partial charge on any atom is 0.416 e. The molecule has 0 atom stereocenters. The van der Waals surface area contributed by atoms with Gasteiger partial charge in [0.2, 0.25) is 0 Å². The second-order valence-electron chi connectivity index (χ2n) is 7.82. The zero-order valence-corrected chi connectivity index (χ0v) is 18.3. The largest absolute Gasteiger partial charge is 0.497 e. The molecule has 1 fully saturated rings. The quantitative estimate of drug-likeness (QED) is 0.512. The molecule has 3 aromatic rings. The van der Waals surface area contributed by atoms with Gasteiger partial charge in [-0.2, -0.15) is 13.2 Å². The van der Waals surface area contributed by atoms with Crippen molar-refractivity contribution >= 4 is 5.91 Å². The molecule has 8 nitrogen and oxygen atoms in total. The fraction of sp³-hybridized carbons (Fsp3) is 0.348. The summed E-state index contributed by atoms with van der Waals surface area (Å²) in [5.41, 5.74) is -1.01. The van der Waals surface area contributed by atoms with E-state index in [1.54, 1.807) is 31.4 Å². The number of ether oxygens (including phenoxy) is 2. The normalized spacial score (nSPS) is 13.5. The monoisotopic (exact) mass is 476 g/mol. The molecule has 0 bridgehead atoms. The third kappa shape index (κ3) is 5.41. The molecular weight excluding hydrogens is 453 g/mol. The van der Waals surface area contributed by atoms with Crippen LogP contribution in [0.5, 0.6) is 11.5 Å². The number of carbonyl (C=O) groups excluding carboxylic acids is 1. The van der Waals surface area contributed by atoms with E-state index in [0.29, 0.717) is 11.5 Å². The van der Waals surface area contributed by atoms with E-state index in [-0.39, 0.29) is 43.0 Å². The molecule has 0 spiro atoms. The van der Waals surface area contributed by atoms with Crippen LogP contribution >= 0.6 is 0 Å². The molecule has 0 aliphatic heterocycles. The van der Waals surface area contributed by atoms with Crippen molar-refractivity contribution in [2.24, 2.45) is 0 Å². The van der Waals surface area contributed by atoms with Gasteiger partial charge >= 0.3 is 11.9 Å². The number of nitrogens with zero attached hydrogens (tertiary/aromatic N) is 3. The van der Waals surface area contributed by atoms with E-state index in [9.17, 15) is 22.8 Å². The van der Waals surface area contributed by atoms with Crippen molar-refractivity contribution in [3.63, 3.8) is 0 Å². The molecule has 34 heavy (non-hydrogen) atoms. The first-order valence-electron chi connectivity index (χ1n) is 10.7. The van der Waals surface area contributed by atoms with Crippen LogP contribution in [0.15, 0.2) is 53.3 Å². The summed E-state index contributed by atoms with van der Waals surface area (Å²) in [4.78, 5) is 24.9. The number of hydrogen-bond acceptors (Lipinski definition) is 5. The number of hydrogen-bond donors (Lipinski definition) is 1. The van der Waals surface area contributed by atoms with Gasteiger partial charge in [-0.1, -0.05) is 12.1 Å². The van der Waals surface area contributed by atoms with Crippen molar-refractivity contribution in [1.29, 1.82) is 0 Å². The van der Waals surface area contributed by atoms with Crippen LogP contribution in [-0.2, 0) is 17.5 Å². The molecule has 0 radical (unpaired) electrons. The van der Waals surface area contributed by atoms with E-state index in [0.717, 1.165) is 25.0 Å². The van der Waals surface area contributed by atoms with E-state index in [4.69, 9.17) is 9.47 Å². The number of halogens is 3. The standard InChI is InChI=1S/C23H23F3N4O4/c1-33-18-7-9-19(10-8-18)34-14-20(31)27-11-12-29-22(32)30(17-5-6-17)21(28-29)15-3-2-4-16(13-15)23(24,25)26/h2-4,7-10,13,17H,5-6,11-12,14H2,1H3,(H,27,31). The Morgan fingerprint density at radius 3 is 2.50 bits per heavy atom. The molecule has 11 heteroatoms. The summed E-state index contributed by atoms with van der Waals surface area (Å²) >= 11 is 0. The van der Waals surface area contributed by atoms with E-state index in [1.807, 2.05) is 0 Å². The average molecular weight is 476 g/mol. The predicted octanol–water partition coefficient (Wildman–Crippen LogP) is 3.27. The van der Waals surface area contributed by atoms with Crippen LogP contribution in [0, 0.1) is 0 Å². The summed E-state index contributed by atoms with van der Waals surface area (Å²) in [6.07, 6.45) is -2.98. The van der Waals surface area contributed by atoms with Crippen LogP contribution in [-0.4, -0.2) is 40.5 Å². The molecule has 1 saturated carbocycles.